The van der Waals surface area contributed by atoms with Gasteiger partial charge in [0.1, 0.15) is 0 Å². The van der Waals surface area contributed by atoms with E-state index in [1.54, 1.807) is 6.92 Å². The van der Waals surface area contributed by atoms with Crippen LogP contribution in [0.4, 0.5) is 0 Å². The van der Waals surface area contributed by atoms with Crippen LogP contribution in [0, 0.1) is 6.92 Å². The molecule has 16 heavy (non-hydrogen) atoms. The van der Waals surface area contributed by atoms with E-state index in [2.05, 4.69) is 15.5 Å². The van der Waals surface area contributed by atoms with E-state index in [1.807, 2.05) is 0 Å². The molecule has 7 heteroatoms. The third kappa shape index (κ3) is 2.22. The summed E-state index contributed by atoms with van der Waals surface area (Å²) in [4.78, 5) is 15.5. The molecule has 0 unspecified atom stereocenters. The number of aromatic nitrogens is 2. The van der Waals surface area contributed by atoms with Crippen molar-refractivity contribution in [3.05, 3.63) is 34.8 Å². The molecule has 0 atom stereocenters. The van der Waals surface area contributed by atoms with E-state index in [4.69, 9.17) is 20.5 Å². The monoisotopic (exact) mass is 241 g/mol. The van der Waals surface area contributed by atoms with Crippen molar-refractivity contribution in [2.24, 2.45) is 0 Å². The topological polar surface area (TPSA) is 81.2 Å². The zero-order valence-corrected chi connectivity index (χ0v) is 9.11. The van der Waals surface area contributed by atoms with Gasteiger partial charge in [-0.05, 0) is 24.6 Å². The molecular weight excluding hydrogens is 234 g/mol. The first-order valence-corrected chi connectivity index (χ1v) is 4.85. The molecule has 0 radical (unpaired) electrons. The van der Waals surface area contributed by atoms with Gasteiger partial charge in [0.15, 0.2) is 5.82 Å². The Morgan fingerprint density at radius 2 is 2.44 bits per heavy atom. The molecule has 0 saturated carbocycles. The maximum Gasteiger partial charge on any atom is 0.256 e. The lowest BCUT2D eigenvalue weighted by Crippen LogP contribution is -2.22. The summed E-state index contributed by atoms with van der Waals surface area (Å²) < 4.78 is 9.62. The highest BCUT2D eigenvalue weighted by atomic mass is 35.5. The number of rotatable bonds is 3. The van der Waals surface area contributed by atoms with Crippen LogP contribution in [-0.4, -0.2) is 16.0 Å². The predicted octanol–water partition coefficient (Wildman–Crippen LogP) is 1.55. The minimum absolute atomic E-state index is 0.0548. The molecule has 2 aromatic heterocycles. The van der Waals surface area contributed by atoms with E-state index in [0.717, 1.165) is 0 Å². The predicted molar refractivity (Wildman–Crippen MR) is 53.9 cm³/mol. The average Bonchev–Trinajstić information content (AvgIpc) is 2.84. The van der Waals surface area contributed by atoms with Crippen molar-refractivity contribution in [2.45, 2.75) is 13.5 Å². The summed E-state index contributed by atoms with van der Waals surface area (Å²) in [6.07, 6.45) is 1.34. The van der Waals surface area contributed by atoms with Gasteiger partial charge in [0, 0.05) is 0 Å². The van der Waals surface area contributed by atoms with Crippen LogP contribution < -0.4 is 5.32 Å². The van der Waals surface area contributed by atoms with Crippen molar-refractivity contribution < 1.29 is 13.7 Å². The summed E-state index contributed by atoms with van der Waals surface area (Å²) in [6, 6.07) is 1.48. The zero-order valence-electron chi connectivity index (χ0n) is 8.36. The second kappa shape index (κ2) is 4.36. The normalized spacial score (nSPS) is 10.4. The highest BCUT2D eigenvalue weighted by Gasteiger charge is 2.13. The summed E-state index contributed by atoms with van der Waals surface area (Å²) in [5.74, 6) is 0.505. The Kier molecular flexibility index (Phi) is 2.91. The molecule has 1 amide bonds. The Labute approximate surface area is 95.6 Å². The number of nitrogens with zero attached hydrogens (tertiary/aromatic N) is 2. The minimum atomic E-state index is -0.352. The molecule has 6 nitrogen and oxygen atoms in total. The largest absolute Gasteiger partial charge is 0.452 e. The summed E-state index contributed by atoms with van der Waals surface area (Å²) in [7, 11) is 0. The number of carbonyl (C=O) groups excluding carboxylic acids is 1. The standard InChI is InChI=1S/C9H8ClN3O3/c1-5-12-7(16-13-5)4-11-9(14)6-2-3-15-8(6)10/h2-3H,4H2,1H3,(H,11,14). The van der Waals surface area contributed by atoms with Gasteiger partial charge in [0.25, 0.3) is 5.91 Å². The fourth-order valence-corrected chi connectivity index (χ4v) is 1.32. The Balaban J connectivity index is 1.96. The van der Waals surface area contributed by atoms with Gasteiger partial charge >= 0.3 is 0 Å². The summed E-state index contributed by atoms with van der Waals surface area (Å²) >= 11 is 5.64. The number of carbonyl (C=O) groups is 1. The molecule has 1 N–H and O–H groups in total. The molecular formula is C9H8ClN3O3. The lowest BCUT2D eigenvalue weighted by Gasteiger charge is -1.99. The summed E-state index contributed by atoms with van der Waals surface area (Å²) in [5, 5.41) is 6.22. The molecule has 0 fully saturated rings. The van der Waals surface area contributed by atoms with E-state index < -0.39 is 0 Å². The van der Waals surface area contributed by atoms with E-state index in [-0.39, 0.29) is 23.2 Å². The molecule has 2 rings (SSSR count). The first-order chi connectivity index (χ1) is 7.66. The van der Waals surface area contributed by atoms with Crippen LogP contribution in [0.3, 0.4) is 0 Å². The molecule has 2 heterocycles. The van der Waals surface area contributed by atoms with Crippen LogP contribution in [0.25, 0.3) is 0 Å². The number of hydrogen-bond acceptors (Lipinski definition) is 5. The Morgan fingerprint density at radius 3 is 3.00 bits per heavy atom. The Morgan fingerprint density at radius 1 is 1.62 bits per heavy atom. The van der Waals surface area contributed by atoms with Gasteiger partial charge < -0.3 is 14.3 Å². The van der Waals surface area contributed by atoms with Crippen molar-refractivity contribution >= 4 is 17.5 Å². The molecule has 0 aromatic carbocycles. The smallest absolute Gasteiger partial charge is 0.256 e. The molecule has 84 valence electrons. The average molecular weight is 242 g/mol. The van der Waals surface area contributed by atoms with Gasteiger partial charge in [-0.25, -0.2) is 0 Å². The maximum absolute atomic E-state index is 11.6. The Hall–Kier alpha value is -1.82. The molecule has 0 spiro atoms. The van der Waals surface area contributed by atoms with Crippen LogP contribution in [0.15, 0.2) is 21.3 Å². The number of nitrogens with one attached hydrogen (secondary N) is 1. The van der Waals surface area contributed by atoms with Gasteiger partial charge in [0.2, 0.25) is 11.1 Å². The summed E-state index contributed by atoms with van der Waals surface area (Å²) in [5.41, 5.74) is 0.276. The van der Waals surface area contributed by atoms with Crippen LogP contribution >= 0.6 is 11.6 Å². The molecule has 0 aliphatic rings. The van der Waals surface area contributed by atoms with Crippen molar-refractivity contribution in [3.8, 4) is 0 Å². The van der Waals surface area contributed by atoms with Gasteiger partial charge in [-0.1, -0.05) is 5.16 Å². The third-order valence-electron chi connectivity index (χ3n) is 1.83. The highest BCUT2D eigenvalue weighted by Crippen LogP contribution is 2.16. The lowest BCUT2D eigenvalue weighted by atomic mass is 10.3. The number of furan rings is 1. The fourth-order valence-electron chi connectivity index (χ4n) is 1.12. The van der Waals surface area contributed by atoms with Crippen LogP contribution in [0.1, 0.15) is 22.1 Å². The minimum Gasteiger partial charge on any atom is -0.452 e. The van der Waals surface area contributed by atoms with Crippen molar-refractivity contribution in [2.75, 3.05) is 0 Å². The van der Waals surface area contributed by atoms with Crippen molar-refractivity contribution in [1.82, 2.24) is 15.5 Å². The second-order valence-corrected chi connectivity index (χ2v) is 3.37. The van der Waals surface area contributed by atoms with Gasteiger partial charge in [-0.2, -0.15) is 4.98 Å². The highest BCUT2D eigenvalue weighted by molar-refractivity contribution is 6.32. The fraction of sp³-hybridized carbons (Fsp3) is 0.222. The van der Waals surface area contributed by atoms with Gasteiger partial charge in [-0.15, -0.1) is 0 Å². The maximum atomic E-state index is 11.6. The molecule has 0 aliphatic carbocycles. The van der Waals surface area contributed by atoms with E-state index in [1.165, 1.54) is 12.3 Å². The van der Waals surface area contributed by atoms with E-state index in [0.29, 0.717) is 11.7 Å². The van der Waals surface area contributed by atoms with Crippen LogP contribution in [-0.2, 0) is 6.54 Å². The SMILES string of the molecule is Cc1noc(CNC(=O)c2ccoc2Cl)n1. The van der Waals surface area contributed by atoms with Gasteiger partial charge in [-0.3, -0.25) is 4.79 Å². The summed E-state index contributed by atoms with van der Waals surface area (Å²) in [6.45, 7) is 1.85. The van der Waals surface area contributed by atoms with Crippen molar-refractivity contribution in [1.29, 1.82) is 0 Å². The second-order valence-electron chi connectivity index (χ2n) is 3.03. The van der Waals surface area contributed by atoms with Crippen LogP contribution in [0.5, 0.6) is 0 Å². The zero-order chi connectivity index (χ0) is 11.5. The third-order valence-corrected chi connectivity index (χ3v) is 2.13. The quantitative estimate of drug-likeness (QED) is 0.882. The van der Waals surface area contributed by atoms with Crippen LogP contribution in [0.2, 0.25) is 5.22 Å². The number of amides is 1. The van der Waals surface area contributed by atoms with E-state index >= 15 is 0 Å². The first-order valence-electron chi connectivity index (χ1n) is 4.47. The van der Waals surface area contributed by atoms with Gasteiger partial charge in [0.05, 0.1) is 18.4 Å². The van der Waals surface area contributed by atoms with Crippen molar-refractivity contribution in [3.63, 3.8) is 0 Å². The molecule has 0 saturated heterocycles. The number of aryl methyl sites for hydroxylation is 1. The molecule has 0 aliphatic heterocycles. The first kappa shape index (κ1) is 10.7. The Bertz CT molecular complexity index is 506. The lowest BCUT2D eigenvalue weighted by molar-refractivity contribution is 0.0946. The molecule has 0 bridgehead atoms. The number of hydrogen-bond donors (Lipinski definition) is 1. The van der Waals surface area contributed by atoms with E-state index in [9.17, 15) is 4.79 Å². The molecule has 2 aromatic rings. The number of halogens is 1.